The van der Waals surface area contributed by atoms with Gasteiger partial charge in [-0.3, -0.25) is 4.55 Å². The summed E-state index contributed by atoms with van der Waals surface area (Å²) >= 11 is 0. The fourth-order valence-corrected chi connectivity index (χ4v) is 1.46. The van der Waals surface area contributed by atoms with Crippen molar-refractivity contribution in [2.24, 2.45) is 0 Å². The third-order valence-electron chi connectivity index (χ3n) is 1.66. The molecule has 1 aromatic rings. The maximum Gasteiger partial charge on any atom is 0.296 e. The average Bonchev–Trinajstić information content (AvgIpc) is 2.15. The number of rotatable bonds is 3. The van der Waals surface area contributed by atoms with E-state index in [4.69, 9.17) is 9.29 Å². The molecule has 14 heavy (non-hydrogen) atoms. The van der Waals surface area contributed by atoms with Gasteiger partial charge in [-0.2, -0.15) is 8.42 Å². The summed E-state index contributed by atoms with van der Waals surface area (Å²) < 4.78 is 34.6. The Hall–Kier alpha value is -1.11. The second-order valence-corrected chi connectivity index (χ2v) is 4.12. The fourth-order valence-electron chi connectivity index (χ4n) is 0.967. The van der Waals surface area contributed by atoms with Crippen molar-refractivity contribution >= 4 is 10.1 Å². The molecule has 1 rings (SSSR count). The molecular formula is C8H10O5S. The third kappa shape index (κ3) is 2.44. The van der Waals surface area contributed by atoms with Crippen LogP contribution in [0, 0.1) is 0 Å². The molecule has 1 atom stereocenters. The van der Waals surface area contributed by atoms with Crippen molar-refractivity contribution in [3.63, 3.8) is 0 Å². The smallest absolute Gasteiger partial charge is 0.296 e. The summed E-state index contributed by atoms with van der Waals surface area (Å²) in [5.74, 6) is 0.408. The highest BCUT2D eigenvalue weighted by Crippen LogP contribution is 2.22. The Kier molecular flexibility index (Phi) is 3.10. The molecule has 0 heterocycles. The Morgan fingerprint density at radius 1 is 1.43 bits per heavy atom. The van der Waals surface area contributed by atoms with Crippen LogP contribution in [0.3, 0.4) is 0 Å². The standard InChI is InChI=1S/C8H10O5S/c1-13-7-4-2-3-6(5-7)8(9)14(10,11)12/h2-5,8-9H,1H3,(H,10,11,12). The molecule has 0 radical (unpaired) electrons. The van der Waals surface area contributed by atoms with E-state index in [-0.39, 0.29) is 5.56 Å². The van der Waals surface area contributed by atoms with E-state index in [0.29, 0.717) is 5.75 Å². The van der Waals surface area contributed by atoms with Crippen molar-refractivity contribution in [2.45, 2.75) is 5.44 Å². The van der Waals surface area contributed by atoms with Gasteiger partial charge in [0.05, 0.1) is 7.11 Å². The second kappa shape index (κ2) is 3.95. The van der Waals surface area contributed by atoms with Gasteiger partial charge in [-0.15, -0.1) is 0 Å². The number of aliphatic hydroxyl groups excluding tert-OH is 1. The van der Waals surface area contributed by atoms with E-state index in [9.17, 15) is 13.5 Å². The molecule has 0 aliphatic carbocycles. The van der Waals surface area contributed by atoms with Gasteiger partial charge in [0.1, 0.15) is 5.75 Å². The van der Waals surface area contributed by atoms with Gasteiger partial charge >= 0.3 is 0 Å². The van der Waals surface area contributed by atoms with Gasteiger partial charge in [-0.05, 0) is 12.1 Å². The molecule has 6 heteroatoms. The van der Waals surface area contributed by atoms with E-state index >= 15 is 0 Å². The van der Waals surface area contributed by atoms with Crippen LogP contribution < -0.4 is 4.74 Å². The second-order valence-electron chi connectivity index (χ2n) is 2.64. The van der Waals surface area contributed by atoms with Gasteiger partial charge in [0.15, 0.2) is 0 Å². The fraction of sp³-hybridized carbons (Fsp3) is 0.250. The minimum absolute atomic E-state index is 0.0619. The monoisotopic (exact) mass is 218 g/mol. The Morgan fingerprint density at radius 2 is 2.07 bits per heavy atom. The highest BCUT2D eigenvalue weighted by atomic mass is 32.2. The first-order valence-electron chi connectivity index (χ1n) is 3.73. The van der Waals surface area contributed by atoms with Crippen LogP contribution in [0.25, 0.3) is 0 Å². The van der Waals surface area contributed by atoms with E-state index < -0.39 is 15.6 Å². The molecule has 0 fully saturated rings. The molecule has 1 aromatic carbocycles. The van der Waals surface area contributed by atoms with E-state index in [1.165, 1.54) is 25.3 Å². The van der Waals surface area contributed by atoms with Crippen molar-refractivity contribution in [3.8, 4) is 5.75 Å². The van der Waals surface area contributed by atoms with E-state index in [1.807, 2.05) is 0 Å². The summed E-state index contributed by atoms with van der Waals surface area (Å²) in [5, 5.41) is 9.18. The number of ether oxygens (including phenoxy) is 1. The van der Waals surface area contributed by atoms with Crippen molar-refractivity contribution in [1.82, 2.24) is 0 Å². The Morgan fingerprint density at radius 3 is 2.57 bits per heavy atom. The average molecular weight is 218 g/mol. The lowest BCUT2D eigenvalue weighted by molar-refractivity contribution is 0.238. The number of hydrogen-bond acceptors (Lipinski definition) is 4. The van der Waals surface area contributed by atoms with Crippen molar-refractivity contribution in [2.75, 3.05) is 7.11 Å². The summed E-state index contributed by atoms with van der Waals surface area (Å²) in [6.07, 6.45) is 0. The zero-order chi connectivity index (χ0) is 10.8. The zero-order valence-corrected chi connectivity index (χ0v) is 8.23. The summed E-state index contributed by atoms with van der Waals surface area (Å²) in [7, 11) is -3.07. The third-order valence-corrected chi connectivity index (χ3v) is 2.50. The molecule has 78 valence electrons. The summed E-state index contributed by atoms with van der Waals surface area (Å²) in [6.45, 7) is 0. The van der Waals surface area contributed by atoms with Crippen LogP contribution in [0.5, 0.6) is 5.75 Å². The van der Waals surface area contributed by atoms with Crippen LogP contribution in [0.1, 0.15) is 11.0 Å². The lowest BCUT2D eigenvalue weighted by atomic mass is 10.2. The van der Waals surface area contributed by atoms with Gasteiger partial charge in [-0.1, -0.05) is 12.1 Å². The summed E-state index contributed by atoms with van der Waals surface area (Å²) in [4.78, 5) is 0. The lowest BCUT2D eigenvalue weighted by Crippen LogP contribution is -2.11. The number of methoxy groups -OCH3 is 1. The molecule has 0 aromatic heterocycles. The first-order valence-corrected chi connectivity index (χ1v) is 5.24. The molecule has 1 unspecified atom stereocenters. The molecule has 0 aliphatic rings. The zero-order valence-electron chi connectivity index (χ0n) is 7.41. The van der Waals surface area contributed by atoms with Crippen LogP contribution in [0.2, 0.25) is 0 Å². The van der Waals surface area contributed by atoms with Crippen LogP contribution in [-0.4, -0.2) is 25.2 Å². The van der Waals surface area contributed by atoms with Gasteiger partial charge < -0.3 is 9.84 Å². The number of aliphatic hydroxyl groups is 1. The first-order chi connectivity index (χ1) is 6.45. The molecular weight excluding hydrogens is 208 g/mol. The summed E-state index contributed by atoms with van der Waals surface area (Å²) in [6, 6.07) is 5.82. The van der Waals surface area contributed by atoms with Crippen LogP contribution in [0.4, 0.5) is 0 Å². The number of hydrogen-bond donors (Lipinski definition) is 2. The van der Waals surface area contributed by atoms with Gasteiger partial charge in [0.25, 0.3) is 10.1 Å². The Balaban J connectivity index is 3.08. The van der Waals surface area contributed by atoms with E-state index in [2.05, 4.69) is 0 Å². The van der Waals surface area contributed by atoms with Crippen LogP contribution in [0.15, 0.2) is 24.3 Å². The highest BCUT2D eigenvalue weighted by molar-refractivity contribution is 7.85. The topological polar surface area (TPSA) is 83.8 Å². The summed E-state index contributed by atoms with van der Waals surface area (Å²) in [5.41, 5.74) is -1.87. The van der Waals surface area contributed by atoms with Crippen molar-refractivity contribution < 1.29 is 22.8 Å². The van der Waals surface area contributed by atoms with Crippen molar-refractivity contribution in [1.29, 1.82) is 0 Å². The highest BCUT2D eigenvalue weighted by Gasteiger charge is 2.21. The molecule has 0 amide bonds. The van der Waals surface area contributed by atoms with Gasteiger partial charge in [-0.25, -0.2) is 0 Å². The number of benzene rings is 1. The lowest BCUT2D eigenvalue weighted by Gasteiger charge is -2.08. The quantitative estimate of drug-likeness (QED) is 0.725. The minimum Gasteiger partial charge on any atom is -0.497 e. The van der Waals surface area contributed by atoms with E-state index in [0.717, 1.165) is 0 Å². The molecule has 5 nitrogen and oxygen atoms in total. The largest absolute Gasteiger partial charge is 0.497 e. The molecule has 0 saturated heterocycles. The molecule has 0 spiro atoms. The predicted molar refractivity (Wildman–Crippen MR) is 49.5 cm³/mol. The maximum atomic E-state index is 10.6. The Labute approximate surface area is 81.7 Å². The van der Waals surface area contributed by atoms with Gasteiger partial charge in [0, 0.05) is 5.56 Å². The maximum absolute atomic E-state index is 10.6. The first kappa shape index (κ1) is 11.0. The van der Waals surface area contributed by atoms with Crippen LogP contribution >= 0.6 is 0 Å². The minimum atomic E-state index is -4.48. The molecule has 0 aliphatic heterocycles. The molecule has 0 saturated carbocycles. The van der Waals surface area contributed by atoms with Crippen LogP contribution in [-0.2, 0) is 10.1 Å². The van der Waals surface area contributed by atoms with Gasteiger partial charge in [0.2, 0.25) is 5.44 Å². The van der Waals surface area contributed by atoms with Crippen molar-refractivity contribution in [3.05, 3.63) is 29.8 Å². The molecule has 2 N–H and O–H groups in total. The normalized spacial score (nSPS) is 13.6. The Bertz CT molecular complexity index is 411. The van der Waals surface area contributed by atoms with E-state index in [1.54, 1.807) is 6.07 Å². The SMILES string of the molecule is COc1cccc(C(O)S(=O)(=O)O)c1. The molecule has 0 bridgehead atoms. The predicted octanol–water partition coefficient (Wildman–Crippen LogP) is 0.574.